The lowest BCUT2D eigenvalue weighted by molar-refractivity contribution is 0.0794. The van der Waals surface area contributed by atoms with E-state index >= 15 is 0 Å². The van der Waals surface area contributed by atoms with E-state index in [9.17, 15) is 18.0 Å². The van der Waals surface area contributed by atoms with Crippen molar-refractivity contribution in [1.82, 2.24) is 9.47 Å². The maximum atomic E-state index is 12.9. The van der Waals surface area contributed by atoms with Crippen LogP contribution in [-0.2, 0) is 17.1 Å². The number of hydrogen-bond donors (Lipinski definition) is 1. The molecule has 1 saturated heterocycles. The van der Waals surface area contributed by atoms with Crippen molar-refractivity contribution in [2.75, 3.05) is 17.8 Å². The van der Waals surface area contributed by atoms with Crippen molar-refractivity contribution in [3.63, 3.8) is 0 Å². The van der Waals surface area contributed by atoms with Gasteiger partial charge in [0.25, 0.3) is 15.9 Å². The number of anilines is 1. The summed E-state index contributed by atoms with van der Waals surface area (Å²) >= 11 is 0.995. The van der Waals surface area contributed by atoms with Crippen molar-refractivity contribution < 1.29 is 13.2 Å². The van der Waals surface area contributed by atoms with Crippen molar-refractivity contribution in [3.8, 4) is 0 Å². The van der Waals surface area contributed by atoms with Crippen LogP contribution in [0.4, 0.5) is 5.69 Å². The van der Waals surface area contributed by atoms with Gasteiger partial charge in [-0.3, -0.25) is 14.3 Å². The summed E-state index contributed by atoms with van der Waals surface area (Å²) in [5, 5.41) is 0. The van der Waals surface area contributed by atoms with E-state index in [0.29, 0.717) is 28.9 Å². The Morgan fingerprint density at radius 2 is 1.82 bits per heavy atom. The van der Waals surface area contributed by atoms with Gasteiger partial charge in [0.15, 0.2) is 0 Å². The van der Waals surface area contributed by atoms with Crippen LogP contribution >= 0.6 is 11.3 Å². The zero-order valence-corrected chi connectivity index (χ0v) is 16.8. The molecule has 28 heavy (non-hydrogen) atoms. The molecule has 3 aromatic rings. The maximum Gasteiger partial charge on any atom is 0.307 e. The first kappa shape index (κ1) is 18.7. The summed E-state index contributed by atoms with van der Waals surface area (Å²) in [5.74, 6) is -0.174. The Morgan fingerprint density at radius 1 is 1.11 bits per heavy atom. The molecule has 2 aromatic carbocycles. The van der Waals surface area contributed by atoms with Crippen molar-refractivity contribution in [3.05, 3.63) is 57.7 Å². The van der Waals surface area contributed by atoms with E-state index in [-0.39, 0.29) is 21.4 Å². The van der Waals surface area contributed by atoms with Crippen LogP contribution in [0.15, 0.2) is 52.2 Å². The fourth-order valence-electron chi connectivity index (χ4n) is 3.33. The number of hydrogen-bond acceptors (Lipinski definition) is 5. The highest BCUT2D eigenvalue weighted by atomic mass is 32.2. The van der Waals surface area contributed by atoms with E-state index in [4.69, 9.17) is 0 Å². The van der Waals surface area contributed by atoms with Gasteiger partial charge in [-0.05, 0) is 43.2 Å². The summed E-state index contributed by atoms with van der Waals surface area (Å²) < 4.78 is 30.4. The van der Waals surface area contributed by atoms with Crippen molar-refractivity contribution >= 4 is 43.2 Å². The van der Waals surface area contributed by atoms with Gasteiger partial charge in [-0.1, -0.05) is 23.5 Å². The molecular weight excluding hydrogens is 398 g/mol. The van der Waals surface area contributed by atoms with Gasteiger partial charge in [-0.2, -0.15) is 0 Å². The molecular formula is C19H19N3O4S2. The molecule has 0 unspecified atom stereocenters. The standard InChI is InChI=1S/C19H19N3O4S2/c1-21-16-9-8-13(12-17(16)27-19(21)24)28(25,26)20-15-7-3-2-6-14(15)18(23)22-10-4-5-11-22/h2-3,6-9,12,20H,4-5,10-11H2,1H3. The topological polar surface area (TPSA) is 88.5 Å². The molecule has 0 radical (unpaired) electrons. The summed E-state index contributed by atoms with van der Waals surface area (Å²) in [6, 6.07) is 11.2. The van der Waals surface area contributed by atoms with Crippen LogP contribution in [0, 0.1) is 0 Å². The molecule has 0 saturated carbocycles. The number of para-hydroxylation sites is 1. The number of carbonyl (C=O) groups excluding carboxylic acids is 1. The molecule has 4 rings (SSSR count). The summed E-state index contributed by atoms with van der Waals surface area (Å²) in [6.07, 6.45) is 1.92. The number of nitrogens with one attached hydrogen (secondary N) is 1. The Labute approximate surface area is 166 Å². The lowest BCUT2D eigenvalue weighted by Crippen LogP contribution is -2.28. The van der Waals surface area contributed by atoms with Crippen LogP contribution < -0.4 is 9.60 Å². The van der Waals surface area contributed by atoms with E-state index in [0.717, 1.165) is 24.2 Å². The van der Waals surface area contributed by atoms with Gasteiger partial charge in [-0.15, -0.1) is 0 Å². The third-order valence-corrected chi connectivity index (χ3v) is 7.23. The Balaban J connectivity index is 1.69. The minimum absolute atomic E-state index is 0.0466. The van der Waals surface area contributed by atoms with E-state index < -0.39 is 10.0 Å². The number of aryl methyl sites for hydroxylation is 1. The molecule has 146 valence electrons. The van der Waals surface area contributed by atoms with Crippen LogP contribution in [0.25, 0.3) is 10.2 Å². The van der Waals surface area contributed by atoms with Gasteiger partial charge in [0.05, 0.1) is 26.4 Å². The second-order valence-electron chi connectivity index (χ2n) is 6.71. The largest absolute Gasteiger partial charge is 0.339 e. The van der Waals surface area contributed by atoms with Crippen molar-refractivity contribution in [2.45, 2.75) is 17.7 Å². The lowest BCUT2D eigenvalue weighted by Gasteiger charge is -2.18. The third kappa shape index (κ3) is 3.31. The molecule has 0 bridgehead atoms. The van der Waals surface area contributed by atoms with Crippen LogP contribution in [-0.4, -0.2) is 36.9 Å². The quantitative estimate of drug-likeness (QED) is 0.707. The van der Waals surface area contributed by atoms with Gasteiger partial charge in [-0.25, -0.2) is 8.42 Å². The van der Waals surface area contributed by atoms with Crippen LogP contribution in [0.3, 0.4) is 0 Å². The molecule has 0 atom stereocenters. The van der Waals surface area contributed by atoms with E-state index in [1.807, 2.05) is 0 Å². The maximum absolute atomic E-state index is 12.9. The number of benzene rings is 2. The summed E-state index contributed by atoms with van der Waals surface area (Å²) in [7, 11) is -2.27. The highest BCUT2D eigenvalue weighted by Gasteiger charge is 2.24. The van der Waals surface area contributed by atoms with Gasteiger partial charge < -0.3 is 9.47 Å². The molecule has 2 heterocycles. The molecule has 0 spiro atoms. The molecule has 1 aliphatic rings. The molecule has 9 heteroatoms. The van der Waals surface area contributed by atoms with Crippen LogP contribution in [0.1, 0.15) is 23.2 Å². The SMILES string of the molecule is Cn1c(=O)sc2cc(S(=O)(=O)Nc3ccccc3C(=O)N3CCCC3)ccc21. The fourth-order valence-corrected chi connectivity index (χ4v) is 5.43. The van der Waals surface area contributed by atoms with Crippen LogP contribution in [0.2, 0.25) is 0 Å². The van der Waals surface area contributed by atoms with Crippen molar-refractivity contribution in [2.24, 2.45) is 7.05 Å². The minimum atomic E-state index is -3.91. The van der Waals surface area contributed by atoms with Gasteiger partial charge in [0, 0.05) is 20.1 Å². The third-order valence-electron chi connectivity index (χ3n) is 4.87. The first-order valence-corrected chi connectivity index (χ1v) is 11.2. The van der Waals surface area contributed by atoms with Crippen molar-refractivity contribution in [1.29, 1.82) is 0 Å². The molecule has 1 aromatic heterocycles. The highest BCUT2D eigenvalue weighted by molar-refractivity contribution is 7.92. The van der Waals surface area contributed by atoms with E-state index in [1.165, 1.54) is 16.7 Å². The molecule has 1 fully saturated rings. The Kier molecular flexibility index (Phi) is 4.72. The Hall–Kier alpha value is -2.65. The Morgan fingerprint density at radius 3 is 2.57 bits per heavy atom. The first-order chi connectivity index (χ1) is 13.4. The van der Waals surface area contributed by atoms with Gasteiger partial charge >= 0.3 is 4.87 Å². The number of nitrogens with zero attached hydrogens (tertiary/aromatic N) is 2. The number of likely N-dealkylation sites (tertiary alicyclic amines) is 1. The number of aromatic nitrogens is 1. The second-order valence-corrected chi connectivity index (χ2v) is 9.38. The second kappa shape index (κ2) is 7.06. The zero-order chi connectivity index (χ0) is 19.9. The number of thiazole rings is 1. The minimum Gasteiger partial charge on any atom is -0.339 e. The fraction of sp³-hybridized carbons (Fsp3) is 0.263. The lowest BCUT2D eigenvalue weighted by atomic mass is 10.1. The predicted octanol–water partition coefficient (Wildman–Crippen LogP) is 2.64. The number of rotatable bonds is 4. The predicted molar refractivity (Wildman–Crippen MR) is 109 cm³/mol. The number of amides is 1. The van der Waals surface area contributed by atoms with Gasteiger partial charge in [0.2, 0.25) is 0 Å². The summed E-state index contributed by atoms with van der Waals surface area (Å²) in [5.41, 5.74) is 1.26. The molecule has 1 amide bonds. The molecule has 1 aliphatic heterocycles. The van der Waals surface area contributed by atoms with E-state index in [1.54, 1.807) is 42.3 Å². The number of carbonyl (C=O) groups is 1. The average Bonchev–Trinajstić information content (AvgIpc) is 3.30. The summed E-state index contributed by atoms with van der Waals surface area (Å²) in [4.78, 5) is 26.2. The highest BCUT2D eigenvalue weighted by Crippen LogP contribution is 2.25. The smallest absolute Gasteiger partial charge is 0.307 e. The van der Waals surface area contributed by atoms with Crippen LogP contribution in [0.5, 0.6) is 0 Å². The molecule has 1 N–H and O–H groups in total. The molecule has 7 nitrogen and oxygen atoms in total. The number of sulfonamides is 1. The normalized spacial score (nSPS) is 14.5. The van der Waals surface area contributed by atoms with E-state index in [2.05, 4.69) is 4.72 Å². The average molecular weight is 418 g/mol. The molecule has 0 aliphatic carbocycles. The Bertz CT molecular complexity index is 1220. The number of fused-ring (bicyclic) bond motifs is 1. The first-order valence-electron chi connectivity index (χ1n) is 8.87. The van der Waals surface area contributed by atoms with Gasteiger partial charge in [0.1, 0.15) is 0 Å². The zero-order valence-electron chi connectivity index (χ0n) is 15.2. The summed E-state index contributed by atoms with van der Waals surface area (Å²) in [6.45, 7) is 1.37. The monoisotopic (exact) mass is 417 g/mol.